The van der Waals surface area contributed by atoms with Crippen LogP contribution in [0.15, 0.2) is 18.2 Å². The van der Waals surface area contributed by atoms with Crippen molar-refractivity contribution >= 4 is 39.6 Å². The van der Waals surface area contributed by atoms with Crippen LogP contribution in [0.5, 0.6) is 0 Å². The first-order valence-corrected chi connectivity index (χ1v) is 9.30. The van der Waals surface area contributed by atoms with Crippen molar-refractivity contribution in [3.63, 3.8) is 0 Å². The molecule has 25 heavy (non-hydrogen) atoms. The number of ether oxygens (including phenoxy) is 1. The van der Waals surface area contributed by atoms with Crippen LogP contribution in [-0.2, 0) is 4.74 Å². The molecule has 0 spiro atoms. The molecular weight excluding hydrogens is 352 g/mol. The summed E-state index contributed by atoms with van der Waals surface area (Å²) in [6, 6.07) is 6.43. The highest BCUT2D eigenvalue weighted by atomic mass is 32.1. The van der Waals surface area contributed by atoms with Crippen LogP contribution in [0.4, 0.5) is 5.00 Å². The lowest BCUT2D eigenvalue weighted by molar-refractivity contribution is 0.0601. The van der Waals surface area contributed by atoms with Crippen LogP contribution >= 0.6 is 23.6 Å². The van der Waals surface area contributed by atoms with Crippen molar-refractivity contribution in [2.45, 2.75) is 40.7 Å². The fourth-order valence-electron chi connectivity index (χ4n) is 2.79. The third-order valence-electron chi connectivity index (χ3n) is 4.24. The smallest absolute Gasteiger partial charge is 0.341 e. The van der Waals surface area contributed by atoms with Gasteiger partial charge in [0, 0.05) is 4.88 Å². The molecule has 4 nitrogen and oxygen atoms in total. The van der Waals surface area contributed by atoms with Gasteiger partial charge in [-0.15, -0.1) is 11.3 Å². The first-order chi connectivity index (χ1) is 11.7. The molecule has 2 N–H and O–H groups in total. The SMILES string of the molecule is COC(=O)c1c(NC(=S)NC(C)c2ccc(C)cc2C)sc(C)c1C. The summed E-state index contributed by atoms with van der Waals surface area (Å²) in [5, 5.41) is 7.65. The summed E-state index contributed by atoms with van der Waals surface area (Å²) in [7, 11) is 1.39. The first-order valence-electron chi connectivity index (χ1n) is 8.07. The van der Waals surface area contributed by atoms with Crippen LogP contribution in [0.3, 0.4) is 0 Å². The number of thiophene rings is 1. The Balaban J connectivity index is 2.15. The highest BCUT2D eigenvalue weighted by Crippen LogP contribution is 2.33. The fourth-order valence-corrected chi connectivity index (χ4v) is 4.18. The predicted molar refractivity (Wildman–Crippen MR) is 109 cm³/mol. The van der Waals surface area contributed by atoms with Gasteiger partial charge in [0.2, 0.25) is 0 Å². The van der Waals surface area contributed by atoms with Crippen LogP contribution in [0.2, 0.25) is 0 Å². The molecule has 0 bridgehead atoms. The van der Waals surface area contributed by atoms with E-state index < -0.39 is 0 Å². The molecule has 134 valence electrons. The zero-order valence-electron chi connectivity index (χ0n) is 15.4. The average molecular weight is 377 g/mol. The van der Waals surface area contributed by atoms with Gasteiger partial charge in [0.15, 0.2) is 5.11 Å². The molecule has 0 saturated heterocycles. The number of benzene rings is 1. The highest BCUT2D eigenvalue weighted by molar-refractivity contribution is 7.80. The third-order valence-corrected chi connectivity index (χ3v) is 5.58. The van der Waals surface area contributed by atoms with Gasteiger partial charge in [-0.05, 0) is 63.5 Å². The van der Waals surface area contributed by atoms with Gasteiger partial charge in [-0.2, -0.15) is 0 Å². The second-order valence-corrected chi connectivity index (χ2v) is 7.79. The monoisotopic (exact) mass is 376 g/mol. The normalized spacial score (nSPS) is 11.8. The lowest BCUT2D eigenvalue weighted by Crippen LogP contribution is -2.31. The minimum Gasteiger partial charge on any atom is -0.465 e. The molecule has 0 aliphatic heterocycles. The maximum atomic E-state index is 12.1. The van der Waals surface area contributed by atoms with Crippen molar-refractivity contribution in [1.82, 2.24) is 5.32 Å². The molecule has 1 aromatic heterocycles. The number of carbonyl (C=O) groups is 1. The van der Waals surface area contributed by atoms with Gasteiger partial charge in [0.25, 0.3) is 0 Å². The van der Waals surface area contributed by atoms with E-state index in [1.807, 2.05) is 13.8 Å². The predicted octanol–water partition coefficient (Wildman–Crippen LogP) is 4.82. The number of aryl methyl sites for hydroxylation is 3. The molecule has 0 aliphatic rings. The van der Waals surface area contributed by atoms with Crippen LogP contribution in [0.25, 0.3) is 0 Å². The lowest BCUT2D eigenvalue weighted by Gasteiger charge is -2.19. The number of esters is 1. The van der Waals surface area contributed by atoms with Crippen molar-refractivity contribution in [3.05, 3.63) is 50.9 Å². The Kier molecular flexibility index (Phi) is 6.19. The summed E-state index contributed by atoms with van der Waals surface area (Å²) < 4.78 is 4.89. The first kappa shape index (κ1) is 19.4. The van der Waals surface area contributed by atoms with E-state index in [9.17, 15) is 4.79 Å². The molecule has 0 saturated carbocycles. The number of nitrogens with one attached hydrogen (secondary N) is 2. The van der Waals surface area contributed by atoms with E-state index in [0.717, 1.165) is 10.4 Å². The number of rotatable bonds is 4. The summed E-state index contributed by atoms with van der Waals surface area (Å²) in [5.74, 6) is -0.352. The molecule has 1 atom stereocenters. The van der Waals surface area contributed by atoms with Crippen molar-refractivity contribution < 1.29 is 9.53 Å². The molecule has 0 fully saturated rings. The quantitative estimate of drug-likeness (QED) is 0.592. The maximum Gasteiger partial charge on any atom is 0.341 e. The Bertz CT molecular complexity index is 812. The number of hydrogen-bond acceptors (Lipinski definition) is 4. The lowest BCUT2D eigenvalue weighted by atomic mass is 10.0. The van der Waals surface area contributed by atoms with Gasteiger partial charge >= 0.3 is 5.97 Å². The van der Waals surface area contributed by atoms with Crippen molar-refractivity contribution in [2.24, 2.45) is 0 Å². The Hall–Kier alpha value is -1.92. The second-order valence-electron chi connectivity index (χ2n) is 6.16. The highest BCUT2D eigenvalue weighted by Gasteiger charge is 2.21. The van der Waals surface area contributed by atoms with Gasteiger partial charge in [-0.3, -0.25) is 0 Å². The summed E-state index contributed by atoms with van der Waals surface area (Å²) in [6.07, 6.45) is 0. The number of anilines is 1. The van der Waals surface area contributed by atoms with E-state index >= 15 is 0 Å². The van der Waals surface area contributed by atoms with E-state index in [1.165, 1.54) is 35.1 Å². The molecule has 0 aliphatic carbocycles. The molecule has 2 aromatic rings. The molecule has 1 aromatic carbocycles. The molecule has 1 unspecified atom stereocenters. The van der Waals surface area contributed by atoms with Gasteiger partial charge in [-0.1, -0.05) is 23.8 Å². The van der Waals surface area contributed by atoms with Gasteiger partial charge in [-0.25, -0.2) is 4.79 Å². The van der Waals surface area contributed by atoms with E-state index in [2.05, 4.69) is 49.6 Å². The minimum atomic E-state index is -0.352. The van der Waals surface area contributed by atoms with Crippen LogP contribution < -0.4 is 10.6 Å². The summed E-state index contributed by atoms with van der Waals surface area (Å²) in [4.78, 5) is 13.1. The second kappa shape index (κ2) is 7.97. The fraction of sp³-hybridized carbons (Fsp3) is 0.368. The van der Waals surface area contributed by atoms with Crippen LogP contribution in [0.1, 0.15) is 50.5 Å². The van der Waals surface area contributed by atoms with E-state index in [4.69, 9.17) is 17.0 Å². The van der Waals surface area contributed by atoms with E-state index in [0.29, 0.717) is 15.7 Å². The number of carbonyl (C=O) groups excluding carboxylic acids is 1. The van der Waals surface area contributed by atoms with Gasteiger partial charge in [0.05, 0.1) is 18.7 Å². The molecule has 0 radical (unpaired) electrons. The van der Waals surface area contributed by atoms with Gasteiger partial charge < -0.3 is 15.4 Å². The molecule has 2 rings (SSSR count). The van der Waals surface area contributed by atoms with Crippen molar-refractivity contribution in [1.29, 1.82) is 0 Å². The van der Waals surface area contributed by atoms with E-state index in [1.54, 1.807) is 0 Å². The Morgan fingerprint density at radius 3 is 2.52 bits per heavy atom. The topological polar surface area (TPSA) is 50.4 Å². The van der Waals surface area contributed by atoms with Gasteiger partial charge in [0.1, 0.15) is 5.00 Å². The standard InChI is InChI=1S/C19H24N2O2S2/c1-10-7-8-15(11(2)9-10)13(4)20-19(24)21-17-16(18(22)23-6)12(3)14(5)25-17/h7-9,13H,1-6H3,(H2,20,21,24). The number of methoxy groups -OCH3 is 1. The third kappa shape index (κ3) is 4.38. The maximum absolute atomic E-state index is 12.1. The van der Waals surface area contributed by atoms with E-state index in [-0.39, 0.29) is 12.0 Å². The van der Waals surface area contributed by atoms with Crippen LogP contribution in [0, 0.1) is 27.7 Å². The minimum absolute atomic E-state index is 0.0596. The average Bonchev–Trinajstić information content (AvgIpc) is 2.80. The van der Waals surface area contributed by atoms with Crippen molar-refractivity contribution in [2.75, 3.05) is 12.4 Å². The number of thiocarbonyl (C=S) groups is 1. The zero-order chi connectivity index (χ0) is 18.7. The summed E-state index contributed by atoms with van der Waals surface area (Å²) in [5.41, 5.74) is 5.13. The molecule has 1 heterocycles. The summed E-state index contributed by atoms with van der Waals surface area (Å²) >= 11 is 6.95. The molecule has 0 amide bonds. The van der Waals surface area contributed by atoms with Crippen molar-refractivity contribution in [3.8, 4) is 0 Å². The van der Waals surface area contributed by atoms with Crippen LogP contribution in [-0.4, -0.2) is 18.2 Å². The Morgan fingerprint density at radius 1 is 1.24 bits per heavy atom. The molecule has 6 heteroatoms. The Labute approximate surface area is 158 Å². The summed E-state index contributed by atoms with van der Waals surface area (Å²) in [6.45, 7) is 10.1. The number of hydrogen-bond donors (Lipinski definition) is 2. The molecular formula is C19H24N2O2S2. The Morgan fingerprint density at radius 2 is 1.92 bits per heavy atom. The largest absolute Gasteiger partial charge is 0.465 e. The zero-order valence-corrected chi connectivity index (χ0v) is 17.1.